The van der Waals surface area contributed by atoms with Crippen molar-refractivity contribution >= 4 is 5.57 Å². The zero-order chi connectivity index (χ0) is 13.8. The number of ether oxygens (including phenoxy) is 1. The Morgan fingerprint density at radius 3 is 2.25 bits per heavy atom. The summed E-state index contributed by atoms with van der Waals surface area (Å²) in [5.74, 6) is 0. The van der Waals surface area contributed by atoms with E-state index in [1.807, 2.05) is 12.1 Å². The molecular weight excluding hydrogens is 246 g/mol. The van der Waals surface area contributed by atoms with E-state index in [4.69, 9.17) is 4.74 Å². The molecule has 0 saturated carbocycles. The largest absolute Gasteiger partial charge is 0.347 e. The molecule has 0 fully saturated rings. The smallest absolute Gasteiger partial charge is 0.129 e. The standard InChI is InChI=1S/C18H19NO/c1-2-19-17-13-16(14-9-5-3-6-10-14)18(20-17)15-11-7-4-8-12-15/h3-13,17-19H,2H2,1H3. The second-order valence-electron chi connectivity index (χ2n) is 4.89. The van der Waals surface area contributed by atoms with Crippen molar-refractivity contribution in [3.05, 3.63) is 77.9 Å². The first-order chi connectivity index (χ1) is 9.88. The fourth-order valence-corrected chi connectivity index (χ4v) is 2.58. The van der Waals surface area contributed by atoms with Crippen molar-refractivity contribution < 1.29 is 4.74 Å². The highest BCUT2D eigenvalue weighted by Gasteiger charge is 2.28. The van der Waals surface area contributed by atoms with Crippen LogP contribution in [0.3, 0.4) is 0 Å². The van der Waals surface area contributed by atoms with Crippen LogP contribution in [0.2, 0.25) is 0 Å². The average Bonchev–Trinajstić information content (AvgIpc) is 2.93. The van der Waals surface area contributed by atoms with Crippen molar-refractivity contribution in [1.29, 1.82) is 0 Å². The Balaban J connectivity index is 1.95. The van der Waals surface area contributed by atoms with Crippen molar-refractivity contribution in [3.8, 4) is 0 Å². The molecule has 0 aliphatic carbocycles. The molecule has 1 aliphatic rings. The van der Waals surface area contributed by atoms with E-state index >= 15 is 0 Å². The third-order valence-electron chi connectivity index (χ3n) is 3.51. The van der Waals surface area contributed by atoms with E-state index in [1.54, 1.807) is 0 Å². The molecule has 1 aliphatic heterocycles. The summed E-state index contributed by atoms with van der Waals surface area (Å²) in [7, 11) is 0. The maximum atomic E-state index is 6.15. The maximum absolute atomic E-state index is 6.15. The first-order valence-corrected chi connectivity index (χ1v) is 7.09. The van der Waals surface area contributed by atoms with Gasteiger partial charge in [0.25, 0.3) is 0 Å². The highest BCUT2D eigenvalue weighted by Crippen LogP contribution is 2.38. The zero-order valence-electron chi connectivity index (χ0n) is 11.6. The van der Waals surface area contributed by atoms with Gasteiger partial charge in [0.15, 0.2) is 0 Å². The van der Waals surface area contributed by atoms with Gasteiger partial charge in [-0.1, -0.05) is 67.6 Å². The predicted molar refractivity (Wildman–Crippen MR) is 82.2 cm³/mol. The summed E-state index contributed by atoms with van der Waals surface area (Å²) in [6.07, 6.45) is 2.18. The molecule has 0 radical (unpaired) electrons. The van der Waals surface area contributed by atoms with Crippen LogP contribution < -0.4 is 5.32 Å². The van der Waals surface area contributed by atoms with Crippen LogP contribution in [0.25, 0.3) is 5.57 Å². The van der Waals surface area contributed by atoms with Crippen LogP contribution in [0.1, 0.15) is 24.2 Å². The van der Waals surface area contributed by atoms with Gasteiger partial charge < -0.3 is 4.74 Å². The second-order valence-corrected chi connectivity index (χ2v) is 4.89. The third-order valence-corrected chi connectivity index (χ3v) is 3.51. The van der Waals surface area contributed by atoms with Crippen molar-refractivity contribution in [1.82, 2.24) is 5.32 Å². The minimum atomic E-state index is -0.0135. The molecular formula is C18H19NO. The Kier molecular flexibility index (Phi) is 3.95. The van der Waals surface area contributed by atoms with Gasteiger partial charge in [0.1, 0.15) is 12.3 Å². The highest BCUT2D eigenvalue weighted by atomic mass is 16.5. The Labute approximate surface area is 120 Å². The van der Waals surface area contributed by atoms with Crippen LogP contribution in [0.5, 0.6) is 0 Å². The SMILES string of the molecule is CCNC1C=C(c2ccccc2)C(c2ccccc2)O1. The Hall–Kier alpha value is -1.90. The molecule has 2 aromatic rings. The van der Waals surface area contributed by atoms with E-state index in [0.29, 0.717) is 0 Å². The van der Waals surface area contributed by atoms with Crippen molar-refractivity contribution in [2.45, 2.75) is 19.3 Å². The maximum Gasteiger partial charge on any atom is 0.129 e. The summed E-state index contributed by atoms with van der Waals surface area (Å²) < 4.78 is 6.15. The normalized spacial score (nSPS) is 21.8. The number of rotatable bonds is 4. The number of benzene rings is 2. The minimum absolute atomic E-state index is 0.00245. The molecule has 0 amide bonds. The van der Waals surface area contributed by atoms with Gasteiger partial charge in [0.05, 0.1) is 0 Å². The third kappa shape index (κ3) is 2.67. The van der Waals surface area contributed by atoms with Gasteiger partial charge in [-0.15, -0.1) is 0 Å². The zero-order valence-corrected chi connectivity index (χ0v) is 11.6. The summed E-state index contributed by atoms with van der Waals surface area (Å²) in [5.41, 5.74) is 3.66. The van der Waals surface area contributed by atoms with Crippen molar-refractivity contribution in [2.24, 2.45) is 0 Å². The Morgan fingerprint density at radius 2 is 1.60 bits per heavy atom. The quantitative estimate of drug-likeness (QED) is 0.908. The fraction of sp³-hybridized carbons (Fsp3) is 0.222. The van der Waals surface area contributed by atoms with Crippen LogP contribution in [0.15, 0.2) is 66.7 Å². The topological polar surface area (TPSA) is 21.3 Å². The molecule has 102 valence electrons. The monoisotopic (exact) mass is 265 g/mol. The van der Waals surface area contributed by atoms with Gasteiger partial charge in [-0.25, -0.2) is 0 Å². The average molecular weight is 265 g/mol. The van der Waals surface area contributed by atoms with Crippen LogP contribution in [0, 0.1) is 0 Å². The molecule has 0 bridgehead atoms. The lowest BCUT2D eigenvalue weighted by atomic mass is 9.96. The van der Waals surface area contributed by atoms with Gasteiger partial charge in [0, 0.05) is 0 Å². The van der Waals surface area contributed by atoms with E-state index in [9.17, 15) is 0 Å². The molecule has 2 aromatic carbocycles. The molecule has 0 saturated heterocycles. The molecule has 2 heteroatoms. The lowest BCUT2D eigenvalue weighted by Gasteiger charge is -2.17. The first-order valence-electron chi connectivity index (χ1n) is 7.09. The molecule has 3 rings (SSSR count). The van der Waals surface area contributed by atoms with Crippen molar-refractivity contribution in [2.75, 3.05) is 6.54 Å². The lowest BCUT2D eigenvalue weighted by Crippen LogP contribution is -2.27. The van der Waals surface area contributed by atoms with Crippen molar-refractivity contribution in [3.63, 3.8) is 0 Å². The van der Waals surface area contributed by atoms with Crippen LogP contribution in [0.4, 0.5) is 0 Å². The Bertz CT molecular complexity index is 577. The number of hydrogen-bond donors (Lipinski definition) is 1. The number of nitrogens with one attached hydrogen (secondary N) is 1. The second kappa shape index (κ2) is 6.04. The summed E-state index contributed by atoms with van der Waals surface area (Å²) in [6, 6.07) is 20.8. The highest BCUT2D eigenvalue weighted by molar-refractivity contribution is 5.72. The minimum Gasteiger partial charge on any atom is -0.347 e. The predicted octanol–water partition coefficient (Wildman–Crippen LogP) is 3.78. The summed E-state index contributed by atoms with van der Waals surface area (Å²) >= 11 is 0. The van der Waals surface area contributed by atoms with Gasteiger partial charge >= 0.3 is 0 Å². The van der Waals surface area contributed by atoms with Gasteiger partial charge in [-0.3, -0.25) is 5.32 Å². The van der Waals surface area contributed by atoms with Gasteiger partial charge in [0.2, 0.25) is 0 Å². The summed E-state index contributed by atoms with van der Waals surface area (Å²) in [4.78, 5) is 0. The lowest BCUT2D eigenvalue weighted by molar-refractivity contribution is 0.0450. The first kappa shape index (κ1) is 13.1. The van der Waals surface area contributed by atoms with E-state index in [0.717, 1.165) is 6.54 Å². The molecule has 2 atom stereocenters. The molecule has 0 aromatic heterocycles. The van der Waals surface area contributed by atoms with E-state index in [2.05, 4.69) is 66.8 Å². The molecule has 1 N–H and O–H groups in total. The van der Waals surface area contributed by atoms with Gasteiger partial charge in [-0.05, 0) is 29.3 Å². The molecule has 2 unspecified atom stereocenters. The molecule has 20 heavy (non-hydrogen) atoms. The number of likely N-dealkylation sites (N-methyl/N-ethyl adjacent to an activating group) is 1. The molecule has 2 nitrogen and oxygen atoms in total. The summed E-state index contributed by atoms with van der Waals surface area (Å²) in [6.45, 7) is 2.99. The van der Waals surface area contributed by atoms with Crippen LogP contribution >= 0.6 is 0 Å². The Morgan fingerprint density at radius 1 is 0.950 bits per heavy atom. The molecule has 1 heterocycles. The number of hydrogen-bond acceptors (Lipinski definition) is 2. The van der Waals surface area contributed by atoms with Gasteiger partial charge in [-0.2, -0.15) is 0 Å². The van der Waals surface area contributed by atoms with E-state index in [-0.39, 0.29) is 12.3 Å². The summed E-state index contributed by atoms with van der Waals surface area (Å²) in [5, 5.41) is 3.35. The molecule has 0 spiro atoms. The fourth-order valence-electron chi connectivity index (χ4n) is 2.58. The van der Waals surface area contributed by atoms with E-state index < -0.39 is 0 Å². The van der Waals surface area contributed by atoms with Crippen LogP contribution in [-0.2, 0) is 4.74 Å². The van der Waals surface area contributed by atoms with E-state index in [1.165, 1.54) is 16.7 Å². The van der Waals surface area contributed by atoms with Crippen LogP contribution in [-0.4, -0.2) is 12.8 Å².